The molecule has 3 aromatic rings. The smallest absolute Gasteiger partial charge is 0.309 e. The molecule has 0 amide bonds. The van der Waals surface area contributed by atoms with Gasteiger partial charge in [-0.15, -0.1) is 0 Å². The molecule has 6 heteroatoms. The lowest BCUT2D eigenvalue weighted by Crippen LogP contribution is -2.23. The van der Waals surface area contributed by atoms with Crippen LogP contribution in [0.2, 0.25) is 0 Å². The number of methoxy groups -OCH3 is 2. The number of halogens is 1. The first-order chi connectivity index (χ1) is 17.4. The summed E-state index contributed by atoms with van der Waals surface area (Å²) < 4.78 is 31.3. The highest BCUT2D eigenvalue weighted by Gasteiger charge is 2.39. The van der Waals surface area contributed by atoms with Gasteiger partial charge in [0, 0.05) is 16.8 Å². The van der Waals surface area contributed by atoms with Gasteiger partial charge in [-0.25, -0.2) is 4.39 Å². The molecule has 2 aromatic carbocycles. The lowest BCUT2D eigenvalue weighted by atomic mass is 9.82. The van der Waals surface area contributed by atoms with E-state index in [4.69, 9.17) is 19.2 Å². The van der Waals surface area contributed by atoms with Crippen molar-refractivity contribution in [3.63, 3.8) is 0 Å². The number of carbonyl (C=O) groups is 1. The molecule has 1 aliphatic heterocycles. The first kappa shape index (κ1) is 24.3. The summed E-state index contributed by atoms with van der Waals surface area (Å²) in [5.74, 6) is 1.41. The molecule has 0 N–H and O–H groups in total. The van der Waals surface area contributed by atoms with E-state index in [-0.39, 0.29) is 29.7 Å². The van der Waals surface area contributed by atoms with E-state index in [9.17, 15) is 9.18 Å². The van der Waals surface area contributed by atoms with Crippen LogP contribution in [0.1, 0.15) is 60.7 Å². The normalized spacial score (nSPS) is 18.5. The molecule has 0 spiro atoms. The van der Waals surface area contributed by atoms with Crippen molar-refractivity contribution in [1.29, 1.82) is 0 Å². The highest BCUT2D eigenvalue weighted by atomic mass is 19.1. The van der Waals surface area contributed by atoms with E-state index in [1.807, 2.05) is 26.0 Å². The lowest BCUT2D eigenvalue weighted by Gasteiger charge is -2.29. The maximum Gasteiger partial charge on any atom is 0.309 e. The lowest BCUT2D eigenvalue weighted by molar-refractivity contribution is -0.145. The molecule has 0 saturated heterocycles. The number of esters is 1. The topological polar surface area (TPSA) is 57.7 Å². The third kappa shape index (κ3) is 4.69. The maximum absolute atomic E-state index is 14.5. The van der Waals surface area contributed by atoms with E-state index in [2.05, 4.69) is 18.2 Å². The summed E-state index contributed by atoms with van der Waals surface area (Å²) in [6.07, 6.45) is 3.78. The number of pyridine rings is 1. The third-order valence-corrected chi connectivity index (χ3v) is 7.56. The fourth-order valence-electron chi connectivity index (χ4n) is 5.44. The number of hydrogen-bond donors (Lipinski definition) is 0. The molecule has 1 fully saturated rings. The van der Waals surface area contributed by atoms with E-state index in [0.717, 1.165) is 53.9 Å². The summed E-state index contributed by atoms with van der Waals surface area (Å²) >= 11 is 0. The molecular formula is C30H32FNO4. The van der Waals surface area contributed by atoms with Crippen LogP contribution in [-0.2, 0) is 16.0 Å². The Bertz CT molecular complexity index is 1290. The van der Waals surface area contributed by atoms with Gasteiger partial charge in [0.1, 0.15) is 23.4 Å². The number of ether oxygens (including phenoxy) is 3. The largest absolute Gasteiger partial charge is 0.497 e. The molecule has 5 nitrogen and oxygen atoms in total. The van der Waals surface area contributed by atoms with Crippen LogP contribution >= 0.6 is 0 Å². The molecule has 2 heterocycles. The van der Waals surface area contributed by atoms with Crippen molar-refractivity contribution in [1.82, 2.24) is 4.98 Å². The van der Waals surface area contributed by atoms with Crippen LogP contribution in [-0.4, -0.2) is 25.2 Å². The van der Waals surface area contributed by atoms with Gasteiger partial charge in [-0.05, 0) is 85.9 Å². The Labute approximate surface area is 211 Å². The summed E-state index contributed by atoms with van der Waals surface area (Å²) in [6, 6.07) is 14.9. The van der Waals surface area contributed by atoms with E-state index in [0.29, 0.717) is 17.2 Å². The van der Waals surface area contributed by atoms with Crippen LogP contribution in [0.3, 0.4) is 0 Å². The highest BCUT2D eigenvalue weighted by molar-refractivity contribution is 5.73. The van der Waals surface area contributed by atoms with E-state index >= 15 is 0 Å². The van der Waals surface area contributed by atoms with Gasteiger partial charge in [0.25, 0.3) is 0 Å². The number of hydrogen-bond acceptors (Lipinski definition) is 5. The summed E-state index contributed by atoms with van der Waals surface area (Å²) in [4.78, 5) is 17.1. The average molecular weight is 490 g/mol. The van der Waals surface area contributed by atoms with E-state index in [1.165, 1.54) is 18.7 Å². The quantitative estimate of drug-likeness (QED) is 0.351. The molecule has 2 unspecified atom stereocenters. The summed E-state index contributed by atoms with van der Waals surface area (Å²) in [7, 11) is 3.02. The third-order valence-electron chi connectivity index (χ3n) is 7.56. The van der Waals surface area contributed by atoms with Gasteiger partial charge in [-0.3, -0.25) is 9.78 Å². The number of aromatic nitrogens is 1. The maximum atomic E-state index is 14.5. The van der Waals surface area contributed by atoms with E-state index < -0.39 is 0 Å². The fraction of sp³-hybridized carbons (Fsp3) is 0.400. The SMILES string of the molecule is COC(=O)[C@@H](C)C(c1ccc2c(c1)OC(c1ccc(-c3cc(OC)ccc3F)c(C)n1)CC2)C1CC1. The molecule has 0 radical (unpaired) electrons. The number of rotatable bonds is 7. The number of aryl methyl sites for hydroxylation is 2. The minimum absolute atomic E-state index is 0.129. The molecule has 36 heavy (non-hydrogen) atoms. The standard InChI is InChI=1S/C30H32FNO4/c1-17(30(33)35-4)29(20-6-7-20)21-8-5-19-9-14-27(36-28(19)15-21)26-13-11-23(18(2)32-26)24-16-22(34-3)10-12-25(24)31/h5,8,10-13,15-17,20,27,29H,6-7,9,14H2,1-4H3/t17-,27?,29?/m0/s1. The Balaban J connectivity index is 1.40. The van der Waals surface area contributed by atoms with Gasteiger partial charge >= 0.3 is 5.97 Å². The molecule has 188 valence electrons. The Kier molecular flexibility index (Phi) is 6.69. The predicted molar refractivity (Wildman–Crippen MR) is 136 cm³/mol. The van der Waals surface area contributed by atoms with Crippen molar-refractivity contribution >= 4 is 5.97 Å². The average Bonchev–Trinajstić information content (AvgIpc) is 3.73. The fourth-order valence-corrected chi connectivity index (χ4v) is 5.44. The first-order valence-corrected chi connectivity index (χ1v) is 12.6. The van der Waals surface area contributed by atoms with Crippen LogP contribution in [0.15, 0.2) is 48.5 Å². The molecule has 1 aliphatic carbocycles. The second-order valence-corrected chi connectivity index (χ2v) is 9.90. The summed E-state index contributed by atoms with van der Waals surface area (Å²) in [5.41, 5.74) is 5.07. The summed E-state index contributed by atoms with van der Waals surface area (Å²) in [5, 5.41) is 0. The van der Waals surface area contributed by atoms with Crippen LogP contribution in [0.5, 0.6) is 11.5 Å². The second-order valence-electron chi connectivity index (χ2n) is 9.90. The minimum Gasteiger partial charge on any atom is -0.497 e. The van der Waals surface area contributed by atoms with Crippen molar-refractivity contribution < 1.29 is 23.4 Å². The Hall–Kier alpha value is -3.41. The van der Waals surface area contributed by atoms with Crippen LogP contribution < -0.4 is 9.47 Å². The zero-order valence-electron chi connectivity index (χ0n) is 21.2. The van der Waals surface area contributed by atoms with Gasteiger partial charge < -0.3 is 14.2 Å². The molecule has 5 rings (SSSR count). The van der Waals surface area contributed by atoms with Crippen molar-refractivity contribution in [3.8, 4) is 22.6 Å². The zero-order valence-corrected chi connectivity index (χ0v) is 21.2. The molecule has 3 atom stereocenters. The van der Waals surface area contributed by atoms with Crippen molar-refractivity contribution in [2.45, 2.75) is 51.6 Å². The highest BCUT2D eigenvalue weighted by Crippen LogP contribution is 2.48. The van der Waals surface area contributed by atoms with Crippen LogP contribution in [0.25, 0.3) is 11.1 Å². The molecule has 2 aliphatic rings. The second kappa shape index (κ2) is 9.92. The number of benzene rings is 2. The Morgan fingerprint density at radius 1 is 1.06 bits per heavy atom. The number of carbonyl (C=O) groups excluding carboxylic acids is 1. The Morgan fingerprint density at radius 2 is 1.86 bits per heavy atom. The molecular weight excluding hydrogens is 457 g/mol. The van der Waals surface area contributed by atoms with Gasteiger partial charge in [-0.2, -0.15) is 0 Å². The number of nitrogens with zero attached hydrogens (tertiary/aromatic N) is 1. The van der Waals surface area contributed by atoms with E-state index in [1.54, 1.807) is 19.2 Å². The van der Waals surface area contributed by atoms with Crippen molar-refractivity contribution in [3.05, 3.63) is 76.9 Å². The van der Waals surface area contributed by atoms with Gasteiger partial charge in [0.15, 0.2) is 0 Å². The molecule has 1 aromatic heterocycles. The monoisotopic (exact) mass is 489 g/mol. The minimum atomic E-state index is -0.310. The van der Waals surface area contributed by atoms with Gasteiger partial charge in [-0.1, -0.05) is 25.1 Å². The molecule has 0 bridgehead atoms. The predicted octanol–water partition coefficient (Wildman–Crippen LogP) is 6.57. The zero-order chi connectivity index (χ0) is 25.4. The van der Waals surface area contributed by atoms with Crippen LogP contribution in [0.4, 0.5) is 4.39 Å². The van der Waals surface area contributed by atoms with Crippen molar-refractivity contribution in [2.75, 3.05) is 14.2 Å². The Morgan fingerprint density at radius 3 is 2.56 bits per heavy atom. The molecule has 1 saturated carbocycles. The number of fused-ring (bicyclic) bond motifs is 1. The van der Waals surface area contributed by atoms with Gasteiger partial charge in [0.05, 0.1) is 25.8 Å². The van der Waals surface area contributed by atoms with Gasteiger partial charge in [0.2, 0.25) is 0 Å². The van der Waals surface area contributed by atoms with Crippen molar-refractivity contribution in [2.24, 2.45) is 11.8 Å². The van der Waals surface area contributed by atoms with Crippen LogP contribution in [0, 0.1) is 24.6 Å². The summed E-state index contributed by atoms with van der Waals surface area (Å²) in [6.45, 7) is 3.85. The first-order valence-electron chi connectivity index (χ1n) is 12.6.